The average molecular weight is 256 g/mol. The molecule has 1 saturated heterocycles. The van der Waals surface area contributed by atoms with Crippen molar-refractivity contribution in [1.29, 1.82) is 0 Å². The first kappa shape index (κ1) is 15.4. The van der Waals surface area contributed by atoms with E-state index >= 15 is 0 Å². The molecule has 1 rings (SSSR count). The summed E-state index contributed by atoms with van der Waals surface area (Å²) in [5, 5.41) is 3.08. The fourth-order valence-corrected chi connectivity index (χ4v) is 2.04. The zero-order valence-electron chi connectivity index (χ0n) is 12.1. The summed E-state index contributed by atoms with van der Waals surface area (Å²) in [6, 6.07) is 0.271. The van der Waals surface area contributed by atoms with Gasteiger partial charge in [0.1, 0.15) is 0 Å². The molecule has 4 nitrogen and oxygen atoms in total. The Morgan fingerprint density at radius 3 is 2.50 bits per heavy atom. The van der Waals surface area contributed by atoms with Gasteiger partial charge in [0.2, 0.25) is 5.91 Å². The maximum Gasteiger partial charge on any atom is 0.220 e. The van der Waals surface area contributed by atoms with Crippen LogP contribution in [-0.2, 0) is 9.53 Å². The van der Waals surface area contributed by atoms with Gasteiger partial charge >= 0.3 is 0 Å². The van der Waals surface area contributed by atoms with Crippen LogP contribution in [0.25, 0.3) is 0 Å². The molecule has 1 N–H and O–H groups in total. The minimum absolute atomic E-state index is 0.193. The summed E-state index contributed by atoms with van der Waals surface area (Å²) in [7, 11) is 0. The Morgan fingerprint density at radius 2 is 1.89 bits per heavy atom. The highest BCUT2D eigenvalue weighted by atomic mass is 16.5. The van der Waals surface area contributed by atoms with Crippen molar-refractivity contribution < 1.29 is 9.53 Å². The summed E-state index contributed by atoms with van der Waals surface area (Å²) >= 11 is 0. The van der Waals surface area contributed by atoms with Crippen LogP contribution in [0.4, 0.5) is 0 Å². The lowest BCUT2D eigenvalue weighted by Gasteiger charge is -2.27. The second-order valence-electron chi connectivity index (χ2n) is 5.64. The molecule has 1 aliphatic rings. The number of hydrogen-bond donors (Lipinski definition) is 1. The van der Waals surface area contributed by atoms with Crippen molar-refractivity contribution in [3.8, 4) is 0 Å². The standard InChI is InChI=1S/C14H28N2O2/c1-12(2)4-5-14(17)15-13(3)6-7-16-8-10-18-11-9-16/h12-13H,4-11H2,1-3H3,(H,15,17)/t13-/m0/s1. The molecule has 0 bridgehead atoms. The molecule has 0 spiro atoms. The van der Waals surface area contributed by atoms with Crippen molar-refractivity contribution in [2.24, 2.45) is 5.92 Å². The number of carbonyl (C=O) groups excluding carboxylic acids is 1. The van der Waals surface area contributed by atoms with Gasteiger partial charge in [-0.15, -0.1) is 0 Å². The molecule has 18 heavy (non-hydrogen) atoms. The normalized spacial score (nSPS) is 18.9. The minimum Gasteiger partial charge on any atom is -0.379 e. The molecule has 0 aromatic carbocycles. The van der Waals surface area contributed by atoms with E-state index in [1.165, 1.54) is 0 Å². The van der Waals surface area contributed by atoms with E-state index in [9.17, 15) is 4.79 Å². The summed E-state index contributed by atoms with van der Waals surface area (Å²) in [5.74, 6) is 0.789. The van der Waals surface area contributed by atoms with Crippen LogP contribution < -0.4 is 5.32 Å². The number of morpholine rings is 1. The molecular weight excluding hydrogens is 228 g/mol. The maximum atomic E-state index is 11.7. The van der Waals surface area contributed by atoms with Crippen LogP contribution in [0, 0.1) is 5.92 Å². The van der Waals surface area contributed by atoms with Gasteiger partial charge in [-0.05, 0) is 25.7 Å². The predicted octanol–water partition coefficient (Wildman–Crippen LogP) is 1.65. The largest absolute Gasteiger partial charge is 0.379 e. The van der Waals surface area contributed by atoms with Gasteiger partial charge in [-0.3, -0.25) is 9.69 Å². The second-order valence-corrected chi connectivity index (χ2v) is 5.64. The highest BCUT2D eigenvalue weighted by Crippen LogP contribution is 2.04. The topological polar surface area (TPSA) is 41.6 Å². The lowest BCUT2D eigenvalue weighted by molar-refractivity contribution is -0.122. The summed E-state index contributed by atoms with van der Waals surface area (Å²) in [4.78, 5) is 14.1. The summed E-state index contributed by atoms with van der Waals surface area (Å²) in [6.07, 6.45) is 2.65. The van der Waals surface area contributed by atoms with Gasteiger partial charge in [0.05, 0.1) is 13.2 Å². The van der Waals surface area contributed by atoms with E-state index in [0.29, 0.717) is 12.3 Å². The average Bonchev–Trinajstić information content (AvgIpc) is 2.35. The van der Waals surface area contributed by atoms with Gasteiger partial charge in [-0.25, -0.2) is 0 Å². The van der Waals surface area contributed by atoms with E-state index in [-0.39, 0.29) is 11.9 Å². The Hall–Kier alpha value is -0.610. The number of carbonyl (C=O) groups is 1. The first-order chi connectivity index (χ1) is 8.58. The first-order valence-electron chi connectivity index (χ1n) is 7.17. The Labute approximate surface area is 111 Å². The molecule has 0 unspecified atom stereocenters. The molecule has 106 valence electrons. The van der Waals surface area contributed by atoms with Gasteiger partial charge in [-0.1, -0.05) is 13.8 Å². The molecule has 1 fully saturated rings. The van der Waals surface area contributed by atoms with Crippen LogP contribution in [0.1, 0.15) is 40.0 Å². The fourth-order valence-electron chi connectivity index (χ4n) is 2.04. The van der Waals surface area contributed by atoms with Gasteiger partial charge in [0.15, 0.2) is 0 Å². The monoisotopic (exact) mass is 256 g/mol. The van der Waals surface area contributed by atoms with Crippen LogP contribution >= 0.6 is 0 Å². The highest BCUT2D eigenvalue weighted by Gasteiger charge is 2.13. The van der Waals surface area contributed by atoms with E-state index < -0.39 is 0 Å². The van der Waals surface area contributed by atoms with E-state index in [1.54, 1.807) is 0 Å². The van der Waals surface area contributed by atoms with Crippen molar-refractivity contribution in [2.45, 2.75) is 46.1 Å². The third-order valence-electron chi connectivity index (χ3n) is 3.34. The van der Waals surface area contributed by atoms with E-state index in [0.717, 1.165) is 45.7 Å². The Balaban J connectivity index is 2.08. The SMILES string of the molecule is CC(C)CCC(=O)N[C@@H](C)CCN1CCOCC1. The third-order valence-corrected chi connectivity index (χ3v) is 3.34. The van der Waals surface area contributed by atoms with Crippen molar-refractivity contribution in [3.05, 3.63) is 0 Å². The number of nitrogens with zero attached hydrogens (tertiary/aromatic N) is 1. The molecule has 0 aromatic heterocycles. The van der Waals surface area contributed by atoms with Crippen LogP contribution in [0.15, 0.2) is 0 Å². The molecule has 1 heterocycles. The Morgan fingerprint density at radius 1 is 1.22 bits per heavy atom. The van der Waals surface area contributed by atoms with Crippen molar-refractivity contribution >= 4 is 5.91 Å². The van der Waals surface area contributed by atoms with Crippen molar-refractivity contribution in [1.82, 2.24) is 10.2 Å². The molecule has 4 heteroatoms. The summed E-state index contributed by atoms with van der Waals surface area (Å²) in [6.45, 7) is 11.2. The maximum absolute atomic E-state index is 11.7. The van der Waals surface area contributed by atoms with Crippen LogP contribution in [0.3, 0.4) is 0 Å². The van der Waals surface area contributed by atoms with E-state index in [2.05, 4.69) is 31.0 Å². The van der Waals surface area contributed by atoms with Gasteiger partial charge in [0, 0.05) is 32.1 Å². The molecule has 1 amide bonds. The van der Waals surface area contributed by atoms with E-state index in [4.69, 9.17) is 4.74 Å². The highest BCUT2D eigenvalue weighted by molar-refractivity contribution is 5.76. The fraction of sp³-hybridized carbons (Fsp3) is 0.929. The predicted molar refractivity (Wildman–Crippen MR) is 73.6 cm³/mol. The summed E-state index contributed by atoms with van der Waals surface area (Å²) in [5.41, 5.74) is 0. The molecular formula is C14H28N2O2. The van der Waals surface area contributed by atoms with Gasteiger partial charge < -0.3 is 10.1 Å². The number of hydrogen-bond acceptors (Lipinski definition) is 3. The molecule has 1 aliphatic heterocycles. The smallest absolute Gasteiger partial charge is 0.220 e. The minimum atomic E-state index is 0.193. The molecule has 0 radical (unpaired) electrons. The van der Waals surface area contributed by atoms with Crippen LogP contribution in [0.5, 0.6) is 0 Å². The number of amides is 1. The van der Waals surface area contributed by atoms with Gasteiger partial charge in [0.25, 0.3) is 0 Å². The molecule has 0 aliphatic carbocycles. The summed E-state index contributed by atoms with van der Waals surface area (Å²) < 4.78 is 5.31. The van der Waals surface area contributed by atoms with Crippen molar-refractivity contribution in [2.75, 3.05) is 32.8 Å². The zero-order chi connectivity index (χ0) is 13.4. The third kappa shape index (κ3) is 6.97. The Bertz CT molecular complexity index is 238. The van der Waals surface area contributed by atoms with Crippen LogP contribution in [-0.4, -0.2) is 49.7 Å². The number of ether oxygens (including phenoxy) is 1. The van der Waals surface area contributed by atoms with Crippen molar-refractivity contribution in [3.63, 3.8) is 0 Å². The molecule has 0 saturated carbocycles. The number of nitrogens with one attached hydrogen (secondary N) is 1. The van der Waals surface area contributed by atoms with Gasteiger partial charge in [-0.2, -0.15) is 0 Å². The molecule has 1 atom stereocenters. The second kappa shape index (κ2) is 8.48. The van der Waals surface area contributed by atoms with E-state index in [1.807, 2.05) is 0 Å². The first-order valence-corrected chi connectivity index (χ1v) is 7.17. The Kier molecular flexibility index (Phi) is 7.28. The molecule has 0 aromatic rings. The zero-order valence-corrected chi connectivity index (χ0v) is 12.1. The van der Waals surface area contributed by atoms with Crippen LogP contribution in [0.2, 0.25) is 0 Å². The lowest BCUT2D eigenvalue weighted by Crippen LogP contribution is -2.40. The number of rotatable bonds is 7. The quantitative estimate of drug-likeness (QED) is 0.753. The lowest BCUT2D eigenvalue weighted by atomic mass is 10.1.